The first-order chi connectivity index (χ1) is 18.8. The maximum atomic E-state index is 12.7. The molecule has 1 aliphatic rings. The van der Waals surface area contributed by atoms with Crippen LogP contribution in [-0.4, -0.2) is 76.2 Å². The second kappa shape index (κ2) is 11.2. The predicted octanol–water partition coefficient (Wildman–Crippen LogP) is 4.79. The molecule has 200 valence electrons. The fraction of sp³-hybridized carbons (Fsp3) is 0.214. The number of aromatic nitrogens is 1. The molecule has 0 saturated carbocycles. The number of nitro benzene ring substituents is 1. The lowest BCUT2D eigenvalue weighted by molar-refractivity contribution is -0.383. The van der Waals surface area contributed by atoms with E-state index in [-0.39, 0.29) is 29.7 Å². The van der Waals surface area contributed by atoms with Crippen LogP contribution in [0, 0.1) is 10.1 Å². The van der Waals surface area contributed by atoms with Gasteiger partial charge >= 0.3 is 0 Å². The molecule has 1 amide bonds. The molecule has 0 aliphatic carbocycles. The number of aliphatic imine (C=N–C) groups is 1. The van der Waals surface area contributed by atoms with Gasteiger partial charge in [-0.15, -0.1) is 0 Å². The van der Waals surface area contributed by atoms with E-state index >= 15 is 0 Å². The number of H-pyrrole nitrogens is 1. The molecule has 10 nitrogen and oxygen atoms in total. The average molecular weight is 547 g/mol. The number of aromatic amines is 1. The van der Waals surface area contributed by atoms with Crippen molar-refractivity contribution in [3.63, 3.8) is 0 Å². The highest BCUT2D eigenvalue weighted by Crippen LogP contribution is 2.34. The number of halogens is 1. The predicted molar refractivity (Wildman–Crippen MR) is 152 cm³/mol. The van der Waals surface area contributed by atoms with Crippen molar-refractivity contribution in [2.75, 3.05) is 45.1 Å². The summed E-state index contributed by atoms with van der Waals surface area (Å²) in [6.45, 7) is 3.41. The number of aromatic hydroxyl groups is 1. The van der Waals surface area contributed by atoms with Crippen molar-refractivity contribution in [2.24, 2.45) is 4.99 Å². The topological polar surface area (TPSA) is 127 Å². The zero-order valence-electron chi connectivity index (χ0n) is 21.2. The SMILES string of the molecule is CN1CCN(CC(=O)Nc2ccc(N=C(c3ccccc3)c3c(O)[nH]c4cc(Cl)ccc34)cc2[N+](=O)[O-])CC1. The van der Waals surface area contributed by atoms with Gasteiger partial charge in [0.05, 0.1) is 33.9 Å². The Balaban J connectivity index is 1.50. The highest BCUT2D eigenvalue weighted by Gasteiger charge is 2.22. The van der Waals surface area contributed by atoms with Crippen molar-refractivity contribution < 1.29 is 14.8 Å². The van der Waals surface area contributed by atoms with Crippen LogP contribution in [-0.2, 0) is 4.79 Å². The van der Waals surface area contributed by atoms with Crippen LogP contribution in [0.4, 0.5) is 17.1 Å². The summed E-state index contributed by atoms with van der Waals surface area (Å²) in [6, 6.07) is 18.8. The lowest BCUT2D eigenvalue weighted by atomic mass is 10.0. The lowest BCUT2D eigenvalue weighted by Gasteiger charge is -2.31. The zero-order valence-corrected chi connectivity index (χ0v) is 22.0. The van der Waals surface area contributed by atoms with Gasteiger partial charge in [0, 0.05) is 48.2 Å². The van der Waals surface area contributed by atoms with Crippen molar-refractivity contribution in [3.05, 3.63) is 93.0 Å². The minimum atomic E-state index is -0.544. The summed E-state index contributed by atoms with van der Waals surface area (Å²) >= 11 is 6.13. The number of anilines is 1. The van der Waals surface area contributed by atoms with Gasteiger partial charge in [0.1, 0.15) is 5.69 Å². The lowest BCUT2D eigenvalue weighted by Crippen LogP contribution is -2.47. The average Bonchev–Trinajstić information content (AvgIpc) is 3.24. The smallest absolute Gasteiger partial charge is 0.294 e. The van der Waals surface area contributed by atoms with Crippen LogP contribution in [0.2, 0.25) is 5.02 Å². The fourth-order valence-corrected chi connectivity index (χ4v) is 4.80. The largest absolute Gasteiger partial charge is 0.494 e. The van der Waals surface area contributed by atoms with Gasteiger partial charge in [-0.05, 0) is 31.3 Å². The molecule has 0 radical (unpaired) electrons. The highest BCUT2D eigenvalue weighted by atomic mass is 35.5. The maximum absolute atomic E-state index is 12.7. The molecule has 1 fully saturated rings. The summed E-state index contributed by atoms with van der Waals surface area (Å²) in [5.74, 6) is -0.414. The van der Waals surface area contributed by atoms with E-state index in [0.717, 1.165) is 26.2 Å². The molecule has 0 spiro atoms. The van der Waals surface area contributed by atoms with Crippen molar-refractivity contribution in [1.29, 1.82) is 0 Å². The monoisotopic (exact) mass is 546 g/mol. The Morgan fingerprint density at radius 3 is 2.56 bits per heavy atom. The number of benzene rings is 3. The van der Waals surface area contributed by atoms with E-state index in [0.29, 0.717) is 38.5 Å². The number of carbonyl (C=O) groups is 1. The molecule has 3 N–H and O–H groups in total. The first-order valence-electron chi connectivity index (χ1n) is 12.4. The van der Waals surface area contributed by atoms with Gasteiger partial charge < -0.3 is 20.3 Å². The standard InChI is InChI=1S/C28H27ClN6O4/c1-33-11-13-34(14-12-33)17-25(36)31-22-10-8-20(16-24(22)35(38)39)30-27(18-5-3-2-4-6-18)26-21-9-7-19(29)15-23(21)32-28(26)37/h2-10,15-16,32,37H,11-14,17H2,1H3,(H,31,36). The van der Waals surface area contributed by atoms with Crippen molar-refractivity contribution in [1.82, 2.24) is 14.8 Å². The normalized spacial score (nSPS) is 15.0. The van der Waals surface area contributed by atoms with Crippen LogP contribution in [0.3, 0.4) is 0 Å². The van der Waals surface area contributed by atoms with Gasteiger partial charge in [0.25, 0.3) is 5.69 Å². The molecule has 4 aromatic rings. The Kier molecular flexibility index (Phi) is 7.60. The van der Waals surface area contributed by atoms with Crippen molar-refractivity contribution >= 4 is 51.2 Å². The Labute approximate surface area is 229 Å². The number of piperazine rings is 1. The van der Waals surface area contributed by atoms with E-state index in [4.69, 9.17) is 16.6 Å². The molecule has 1 aliphatic heterocycles. The third-order valence-electron chi connectivity index (χ3n) is 6.68. The molecule has 1 saturated heterocycles. The summed E-state index contributed by atoms with van der Waals surface area (Å²) in [5.41, 5.74) is 2.32. The van der Waals surface area contributed by atoms with E-state index in [1.165, 1.54) is 12.1 Å². The summed E-state index contributed by atoms with van der Waals surface area (Å²) in [7, 11) is 2.03. The molecule has 3 aromatic carbocycles. The van der Waals surface area contributed by atoms with E-state index in [9.17, 15) is 20.0 Å². The van der Waals surface area contributed by atoms with Crippen LogP contribution in [0.5, 0.6) is 5.88 Å². The quantitative estimate of drug-likeness (QED) is 0.174. The number of carbonyl (C=O) groups excluding carboxylic acids is 1. The molecule has 2 heterocycles. The number of likely N-dealkylation sites (N-methyl/N-ethyl adjacent to an activating group) is 1. The van der Waals surface area contributed by atoms with Crippen molar-refractivity contribution in [2.45, 2.75) is 0 Å². The van der Waals surface area contributed by atoms with E-state index in [1.54, 1.807) is 24.3 Å². The van der Waals surface area contributed by atoms with Crippen LogP contribution in [0.15, 0.2) is 71.7 Å². The molecule has 0 atom stereocenters. The van der Waals surface area contributed by atoms with Crippen LogP contribution < -0.4 is 5.32 Å². The van der Waals surface area contributed by atoms with Gasteiger partial charge in [0.15, 0.2) is 5.88 Å². The Morgan fingerprint density at radius 1 is 1.10 bits per heavy atom. The van der Waals surface area contributed by atoms with Gasteiger partial charge in [-0.3, -0.25) is 19.8 Å². The van der Waals surface area contributed by atoms with Crippen LogP contribution in [0.25, 0.3) is 10.9 Å². The Hall–Kier alpha value is -4.25. The molecular formula is C28H27ClN6O4. The number of amides is 1. The zero-order chi connectivity index (χ0) is 27.5. The number of nitrogens with one attached hydrogen (secondary N) is 2. The highest BCUT2D eigenvalue weighted by molar-refractivity contribution is 6.31. The van der Waals surface area contributed by atoms with Gasteiger partial charge in [-0.25, -0.2) is 4.99 Å². The van der Waals surface area contributed by atoms with Gasteiger partial charge in [-0.2, -0.15) is 0 Å². The second-order valence-corrected chi connectivity index (χ2v) is 9.89. The number of nitro groups is 1. The molecular weight excluding hydrogens is 520 g/mol. The Morgan fingerprint density at radius 2 is 1.85 bits per heavy atom. The molecule has 0 unspecified atom stereocenters. The molecule has 1 aromatic heterocycles. The maximum Gasteiger partial charge on any atom is 0.294 e. The number of fused-ring (bicyclic) bond motifs is 1. The third-order valence-corrected chi connectivity index (χ3v) is 6.92. The number of nitrogens with zero attached hydrogens (tertiary/aromatic N) is 4. The second-order valence-electron chi connectivity index (χ2n) is 9.45. The summed E-state index contributed by atoms with van der Waals surface area (Å²) in [6.07, 6.45) is 0. The molecule has 11 heteroatoms. The van der Waals surface area contributed by atoms with Gasteiger partial charge in [0.2, 0.25) is 5.91 Å². The first-order valence-corrected chi connectivity index (χ1v) is 12.8. The number of hydrogen-bond donors (Lipinski definition) is 3. The van der Waals surface area contributed by atoms with E-state index < -0.39 is 4.92 Å². The minimum Gasteiger partial charge on any atom is -0.494 e. The van der Waals surface area contributed by atoms with E-state index in [2.05, 4.69) is 15.2 Å². The van der Waals surface area contributed by atoms with Gasteiger partial charge in [-0.1, -0.05) is 48.0 Å². The van der Waals surface area contributed by atoms with Crippen LogP contribution >= 0.6 is 11.6 Å². The molecule has 39 heavy (non-hydrogen) atoms. The summed E-state index contributed by atoms with van der Waals surface area (Å²) < 4.78 is 0. The third kappa shape index (κ3) is 5.93. The number of rotatable bonds is 7. The van der Waals surface area contributed by atoms with Crippen molar-refractivity contribution in [3.8, 4) is 5.88 Å². The van der Waals surface area contributed by atoms with Crippen LogP contribution in [0.1, 0.15) is 11.1 Å². The summed E-state index contributed by atoms with van der Waals surface area (Å²) in [5, 5.41) is 26.7. The minimum absolute atomic E-state index is 0.0999. The fourth-order valence-electron chi connectivity index (χ4n) is 4.63. The Bertz CT molecular complexity index is 1560. The first kappa shape index (κ1) is 26.4. The number of hydrogen-bond acceptors (Lipinski definition) is 7. The molecule has 5 rings (SSSR count). The molecule has 0 bridgehead atoms. The van der Waals surface area contributed by atoms with E-state index in [1.807, 2.05) is 42.3 Å². The summed E-state index contributed by atoms with van der Waals surface area (Å²) in [4.78, 5) is 36.0.